The minimum atomic E-state index is 0. The normalized spacial score (nSPS) is 7.70. The Kier molecular flexibility index (Phi) is 7.81. The third-order valence-electron chi connectivity index (χ3n) is 0.706. The maximum absolute atomic E-state index is 5.43. The van der Waals surface area contributed by atoms with E-state index in [9.17, 15) is 0 Å². The number of hydrogen-bond acceptors (Lipinski definition) is 3. The molecule has 1 rings (SSSR count). The van der Waals surface area contributed by atoms with E-state index in [0.29, 0.717) is 11.0 Å². The van der Waals surface area contributed by atoms with Gasteiger partial charge in [0.15, 0.2) is 5.13 Å². The zero-order valence-electron chi connectivity index (χ0n) is 4.91. The second kappa shape index (κ2) is 6.04. The van der Waals surface area contributed by atoms with Gasteiger partial charge in [-0.05, 0) is 0 Å². The Hall–Kier alpha value is 0.300. The highest BCUT2D eigenvalue weighted by atomic mass is 35.5. The number of rotatable bonds is 1. The van der Waals surface area contributed by atoms with E-state index in [0.717, 1.165) is 5.69 Å². The molecule has 1 aromatic rings. The van der Waals surface area contributed by atoms with E-state index >= 15 is 0 Å². The summed E-state index contributed by atoms with van der Waals surface area (Å²) in [6.45, 7) is 0. The van der Waals surface area contributed by atoms with E-state index in [-0.39, 0.29) is 24.8 Å². The molecule has 10 heavy (non-hydrogen) atoms. The smallest absolute Gasteiger partial charge is 0.180 e. The highest BCUT2D eigenvalue weighted by Crippen LogP contribution is 2.11. The van der Waals surface area contributed by atoms with Crippen molar-refractivity contribution in [3.8, 4) is 0 Å². The Morgan fingerprint density at radius 2 is 2.20 bits per heavy atom. The average Bonchev–Trinajstić information content (AvgIpc) is 2.14. The van der Waals surface area contributed by atoms with Crippen LogP contribution in [0.1, 0.15) is 5.69 Å². The van der Waals surface area contributed by atoms with Gasteiger partial charge in [0.05, 0.1) is 11.6 Å². The molecule has 0 amide bonds. The first-order chi connectivity index (χ1) is 3.83. The van der Waals surface area contributed by atoms with Crippen LogP contribution in [0.2, 0.25) is 0 Å². The first-order valence-electron chi connectivity index (χ1n) is 2.09. The summed E-state index contributed by atoms with van der Waals surface area (Å²) in [5.74, 6) is 0.452. The quantitative estimate of drug-likeness (QED) is 0.739. The van der Waals surface area contributed by atoms with E-state index < -0.39 is 0 Å². The van der Waals surface area contributed by atoms with Crippen molar-refractivity contribution in [2.24, 2.45) is 0 Å². The molecule has 0 bridgehead atoms. The van der Waals surface area contributed by atoms with Gasteiger partial charge < -0.3 is 5.73 Å². The molecule has 2 nitrogen and oxygen atoms in total. The molecule has 0 spiro atoms. The van der Waals surface area contributed by atoms with Gasteiger partial charge in [0.2, 0.25) is 0 Å². The first-order valence-corrected chi connectivity index (χ1v) is 3.50. The Balaban J connectivity index is 0. The maximum Gasteiger partial charge on any atom is 0.180 e. The zero-order valence-corrected chi connectivity index (χ0v) is 8.12. The predicted molar refractivity (Wildman–Crippen MR) is 50.6 cm³/mol. The Labute approximate surface area is 80.6 Å². The van der Waals surface area contributed by atoms with Crippen molar-refractivity contribution in [3.63, 3.8) is 0 Å². The van der Waals surface area contributed by atoms with Crippen LogP contribution in [0.15, 0.2) is 5.38 Å². The van der Waals surface area contributed by atoms with Crippen LogP contribution in [0, 0.1) is 0 Å². The second-order valence-electron chi connectivity index (χ2n) is 1.31. The molecule has 0 aromatic carbocycles. The number of nitrogens with zero attached hydrogens (tertiary/aromatic N) is 1. The van der Waals surface area contributed by atoms with Gasteiger partial charge in [0, 0.05) is 5.38 Å². The molecule has 1 aromatic heterocycles. The van der Waals surface area contributed by atoms with Crippen LogP contribution in [-0.2, 0) is 5.88 Å². The number of nitrogen functional groups attached to an aromatic ring is 1. The lowest BCUT2D eigenvalue weighted by atomic mass is 10.6. The molecule has 0 aliphatic heterocycles. The fraction of sp³-hybridized carbons (Fsp3) is 0.250. The summed E-state index contributed by atoms with van der Waals surface area (Å²) in [4.78, 5) is 3.89. The molecule has 60 valence electrons. The van der Waals surface area contributed by atoms with Crippen molar-refractivity contribution in [2.75, 3.05) is 5.73 Å². The number of hydrogen-bond donors (Lipinski definition) is 1. The van der Waals surface area contributed by atoms with Crippen LogP contribution in [0.5, 0.6) is 0 Å². The Bertz CT molecular complexity index is 179. The van der Waals surface area contributed by atoms with Crippen molar-refractivity contribution >= 4 is 52.9 Å². The van der Waals surface area contributed by atoms with Gasteiger partial charge in [-0.2, -0.15) is 0 Å². The molecule has 1 heterocycles. The van der Waals surface area contributed by atoms with Gasteiger partial charge in [0.25, 0.3) is 0 Å². The SMILES string of the molecule is Cl.Cl.Nc1nc(CCl)cs1. The standard InChI is InChI=1S/C4H5ClN2S.2ClH/c5-1-3-2-8-4(6)7-3;;/h2H,1H2,(H2,6,7);2*1H. The number of nitrogens with two attached hydrogens (primary N) is 1. The summed E-state index contributed by atoms with van der Waals surface area (Å²) >= 11 is 6.84. The molecular weight excluding hydrogens is 214 g/mol. The van der Waals surface area contributed by atoms with Crippen LogP contribution >= 0.6 is 47.8 Å². The number of halogens is 3. The molecule has 0 saturated carbocycles. The van der Waals surface area contributed by atoms with E-state index in [1.54, 1.807) is 0 Å². The topological polar surface area (TPSA) is 38.9 Å². The van der Waals surface area contributed by atoms with E-state index in [2.05, 4.69) is 4.98 Å². The lowest BCUT2D eigenvalue weighted by Gasteiger charge is -1.77. The molecular formula is C4H7Cl3N2S. The number of anilines is 1. The van der Waals surface area contributed by atoms with E-state index in [4.69, 9.17) is 17.3 Å². The highest BCUT2D eigenvalue weighted by Gasteiger charge is 1.93. The molecule has 6 heteroatoms. The summed E-state index contributed by atoms with van der Waals surface area (Å²) < 4.78 is 0. The molecule has 0 aliphatic rings. The van der Waals surface area contributed by atoms with E-state index in [1.807, 2.05) is 5.38 Å². The van der Waals surface area contributed by atoms with Gasteiger partial charge >= 0.3 is 0 Å². The molecule has 0 fully saturated rings. The maximum atomic E-state index is 5.43. The highest BCUT2D eigenvalue weighted by molar-refractivity contribution is 7.13. The summed E-state index contributed by atoms with van der Waals surface area (Å²) in [5, 5.41) is 2.43. The van der Waals surface area contributed by atoms with Crippen molar-refractivity contribution in [1.82, 2.24) is 4.98 Å². The van der Waals surface area contributed by atoms with Gasteiger partial charge in [-0.1, -0.05) is 0 Å². The van der Waals surface area contributed by atoms with Gasteiger partial charge in [0.1, 0.15) is 0 Å². The number of thiazole rings is 1. The van der Waals surface area contributed by atoms with Crippen LogP contribution in [0.4, 0.5) is 5.13 Å². The van der Waals surface area contributed by atoms with Crippen LogP contribution < -0.4 is 5.73 Å². The van der Waals surface area contributed by atoms with Crippen molar-refractivity contribution < 1.29 is 0 Å². The van der Waals surface area contributed by atoms with E-state index in [1.165, 1.54) is 11.3 Å². The van der Waals surface area contributed by atoms with Crippen molar-refractivity contribution in [2.45, 2.75) is 5.88 Å². The minimum Gasteiger partial charge on any atom is -0.375 e. The van der Waals surface area contributed by atoms with Gasteiger partial charge in [-0.25, -0.2) is 4.98 Å². The zero-order chi connectivity index (χ0) is 5.98. The molecule has 2 N–H and O–H groups in total. The number of aromatic nitrogens is 1. The Morgan fingerprint density at radius 3 is 2.40 bits per heavy atom. The summed E-state index contributed by atoms with van der Waals surface area (Å²) in [6.07, 6.45) is 0. The predicted octanol–water partition coefficient (Wildman–Crippen LogP) is 2.31. The van der Waals surface area contributed by atoms with Crippen molar-refractivity contribution in [1.29, 1.82) is 0 Å². The minimum absolute atomic E-state index is 0. The van der Waals surface area contributed by atoms with Crippen LogP contribution in [-0.4, -0.2) is 4.98 Å². The third kappa shape index (κ3) is 3.46. The summed E-state index contributed by atoms with van der Waals surface area (Å²) in [5.41, 5.74) is 6.16. The van der Waals surface area contributed by atoms with Gasteiger partial charge in [-0.15, -0.1) is 47.8 Å². The fourth-order valence-electron chi connectivity index (χ4n) is 0.384. The molecule has 0 unspecified atom stereocenters. The number of alkyl halides is 1. The molecule has 0 aliphatic carbocycles. The van der Waals surface area contributed by atoms with Crippen LogP contribution in [0.3, 0.4) is 0 Å². The van der Waals surface area contributed by atoms with Crippen LogP contribution in [0.25, 0.3) is 0 Å². The van der Waals surface area contributed by atoms with Crippen molar-refractivity contribution in [3.05, 3.63) is 11.1 Å². The summed E-state index contributed by atoms with van der Waals surface area (Å²) in [7, 11) is 0. The monoisotopic (exact) mass is 220 g/mol. The lowest BCUT2D eigenvalue weighted by Crippen LogP contribution is -1.82. The first kappa shape index (κ1) is 12.9. The molecule has 0 saturated heterocycles. The molecule has 0 atom stereocenters. The largest absolute Gasteiger partial charge is 0.375 e. The third-order valence-corrected chi connectivity index (χ3v) is 1.70. The second-order valence-corrected chi connectivity index (χ2v) is 2.47. The lowest BCUT2D eigenvalue weighted by molar-refractivity contribution is 1.23. The fourth-order valence-corrected chi connectivity index (χ4v) is 1.18. The Morgan fingerprint density at radius 1 is 1.60 bits per heavy atom. The summed E-state index contributed by atoms with van der Waals surface area (Å²) in [6, 6.07) is 0. The molecule has 0 radical (unpaired) electrons. The van der Waals surface area contributed by atoms with Gasteiger partial charge in [-0.3, -0.25) is 0 Å². The average molecular weight is 222 g/mol.